The van der Waals surface area contributed by atoms with Crippen molar-refractivity contribution < 1.29 is 19.5 Å². The Hall–Kier alpha value is -3.33. The second-order valence-corrected chi connectivity index (χ2v) is 12.7. The average Bonchev–Trinajstić information content (AvgIpc) is 3.55. The van der Waals surface area contributed by atoms with Gasteiger partial charge in [-0.15, -0.1) is 11.8 Å². The molecule has 2 bridgehead atoms. The smallest absolute Gasteiger partial charge is 0.248 e. The fourth-order valence-electron chi connectivity index (χ4n) is 6.93. The summed E-state index contributed by atoms with van der Waals surface area (Å²) in [7, 11) is 0. The maximum atomic E-state index is 14.5. The van der Waals surface area contributed by atoms with Crippen molar-refractivity contribution >= 4 is 52.5 Å². The molecule has 3 fully saturated rings. The summed E-state index contributed by atoms with van der Waals surface area (Å²) in [6.45, 7) is 1.70. The van der Waals surface area contributed by atoms with Crippen LogP contribution < -0.4 is 10.6 Å². The molecule has 3 saturated heterocycles. The highest BCUT2D eigenvalue weighted by molar-refractivity contribution is 8.02. The maximum absolute atomic E-state index is 14.5. The van der Waals surface area contributed by atoms with Crippen LogP contribution in [0.5, 0.6) is 0 Å². The third-order valence-corrected chi connectivity index (χ3v) is 11.0. The number of hydrogen-bond acceptors (Lipinski definition) is 5. The molecule has 1 spiro atoms. The number of aliphatic hydroxyl groups excluding tert-OH is 1. The van der Waals surface area contributed by atoms with E-state index in [1.54, 1.807) is 40.9 Å². The standard InChI is InChI=1S/C31H30ClN3O4S/c1-18-16-24-25(28(37)33-20-12-6-3-7-13-20)26-30(39)35(23(17-36)19-10-4-2-5-11-19)27(31(18,26)40-24)29(38)34-22-15-9-8-14-21(22)32/h2-15,18,23-27,36H,16-17H2,1H3,(H,33,37)(H,34,38)/t18?,23-,24+,25-,26+,27?,31?/m1/s1. The minimum Gasteiger partial charge on any atom is -0.394 e. The van der Waals surface area contributed by atoms with E-state index in [4.69, 9.17) is 11.6 Å². The number of amides is 3. The molecular formula is C31H30ClN3O4S. The van der Waals surface area contributed by atoms with E-state index in [2.05, 4.69) is 17.6 Å². The summed E-state index contributed by atoms with van der Waals surface area (Å²) in [6, 6.07) is 23.7. The Morgan fingerprint density at radius 2 is 1.65 bits per heavy atom. The van der Waals surface area contributed by atoms with E-state index in [1.807, 2.05) is 60.7 Å². The summed E-state index contributed by atoms with van der Waals surface area (Å²) in [5.74, 6) is -2.21. The molecule has 3 N–H and O–H groups in total. The van der Waals surface area contributed by atoms with E-state index >= 15 is 0 Å². The van der Waals surface area contributed by atoms with Gasteiger partial charge in [0.1, 0.15) is 6.04 Å². The predicted molar refractivity (Wildman–Crippen MR) is 157 cm³/mol. The Kier molecular flexibility index (Phi) is 7.10. The molecule has 3 unspecified atom stereocenters. The molecule has 3 aliphatic rings. The number of carbonyl (C=O) groups is 3. The maximum Gasteiger partial charge on any atom is 0.248 e. The summed E-state index contributed by atoms with van der Waals surface area (Å²) in [5, 5.41) is 16.9. The highest BCUT2D eigenvalue weighted by Gasteiger charge is 2.76. The molecule has 7 nitrogen and oxygen atoms in total. The zero-order chi connectivity index (χ0) is 28.0. The van der Waals surface area contributed by atoms with Crippen LogP contribution in [0.4, 0.5) is 11.4 Å². The van der Waals surface area contributed by atoms with Gasteiger partial charge in [0.05, 0.1) is 39.9 Å². The third kappa shape index (κ3) is 4.21. The van der Waals surface area contributed by atoms with Gasteiger partial charge in [-0.1, -0.05) is 79.2 Å². The zero-order valence-electron chi connectivity index (χ0n) is 21.9. The molecule has 40 heavy (non-hydrogen) atoms. The number of aliphatic hydroxyl groups is 1. The first-order valence-electron chi connectivity index (χ1n) is 13.4. The number of thioether (sulfide) groups is 1. The number of rotatable bonds is 7. The van der Waals surface area contributed by atoms with Crippen molar-refractivity contribution in [2.45, 2.75) is 35.4 Å². The van der Waals surface area contributed by atoms with Crippen molar-refractivity contribution in [2.24, 2.45) is 17.8 Å². The van der Waals surface area contributed by atoms with Crippen LogP contribution >= 0.6 is 23.4 Å². The molecule has 3 aromatic carbocycles. The Morgan fingerprint density at radius 1 is 1.00 bits per heavy atom. The third-order valence-electron chi connectivity index (χ3n) is 8.60. The van der Waals surface area contributed by atoms with E-state index < -0.39 is 28.7 Å². The largest absolute Gasteiger partial charge is 0.394 e. The first-order valence-corrected chi connectivity index (χ1v) is 14.7. The van der Waals surface area contributed by atoms with Crippen molar-refractivity contribution in [2.75, 3.05) is 17.2 Å². The normalized spacial score (nSPS) is 29.2. The average molecular weight is 576 g/mol. The topological polar surface area (TPSA) is 98.7 Å². The van der Waals surface area contributed by atoms with Crippen LogP contribution in [0.1, 0.15) is 24.9 Å². The lowest BCUT2D eigenvalue weighted by Gasteiger charge is -2.40. The molecule has 0 aromatic heterocycles. The second kappa shape index (κ2) is 10.6. The van der Waals surface area contributed by atoms with Gasteiger partial charge in [0.15, 0.2) is 0 Å². The van der Waals surface area contributed by atoms with Gasteiger partial charge >= 0.3 is 0 Å². The number of benzene rings is 3. The van der Waals surface area contributed by atoms with Gasteiger partial charge in [0.2, 0.25) is 17.7 Å². The molecule has 0 radical (unpaired) electrons. The molecule has 3 aromatic rings. The molecule has 3 heterocycles. The predicted octanol–water partition coefficient (Wildman–Crippen LogP) is 4.99. The van der Waals surface area contributed by atoms with Crippen LogP contribution in [-0.2, 0) is 14.4 Å². The summed E-state index contributed by atoms with van der Waals surface area (Å²) in [6.07, 6.45) is 0.708. The number of carbonyl (C=O) groups excluding carboxylic acids is 3. The number of likely N-dealkylation sites (tertiary alicyclic amines) is 1. The number of nitrogens with one attached hydrogen (secondary N) is 2. The van der Waals surface area contributed by atoms with Crippen LogP contribution in [-0.4, -0.2) is 50.4 Å². The van der Waals surface area contributed by atoms with E-state index in [9.17, 15) is 19.5 Å². The number of fused-ring (bicyclic) bond motifs is 1. The number of anilines is 2. The highest BCUT2D eigenvalue weighted by Crippen LogP contribution is 2.69. The van der Waals surface area contributed by atoms with Crippen LogP contribution in [0, 0.1) is 17.8 Å². The molecule has 3 amide bonds. The van der Waals surface area contributed by atoms with E-state index in [-0.39, 0.29) is 35.5 Å². The zero-order valence-corrected chi connectivity index (χ0v) is 23.4. The SMILES string of the molecule is CC1C[C@@H]2SC13C(C(=O)Nc1ccccc1Cl)N([C@H](CO)c1ccccc1)C(=O)[C@@H]3[C@@H]2C(=O)Nc1ccccc1. The summed E-state index contributed by atoms with van der Waals surface area (Å²) >= 11 is 7.98. The minimum atomic E-state index is -0.918. The van der Waals surface area contributed by atoms with E-state index in [0.717, 1.165) is 5.56 Å². The molecule has 7 atom stereocenters. The van der Waals surface area contributed by atoms with Gasteiger partial charge in [0.25, 0.3) is 0 Å². The van der Waals surface area contributed by atoms with Gasteiger partial charge in [0, 0.05) is 10.9 Å². The first kappa shape index (κ1) is 26.9. The van der Waals surface area contributed by atoms with Crippen molar-refractivity contribution in [1.82, 2.24) is 4.90 Å². The Morgan fingerprint density at radius 3 is 2.33 bits per heavy atom. The molecular weight excluding hydrogens is 546 g/mol. The van der Waals surface area contributed by atoms with Crippen LogP contribution in [0.3, 0.4) is 0 Å². The molecule has 3 aliphatic heterocycles. The number of para-hydroxylation sites is 2. The van der Waals surface area contributed by atoms with E-state index in [1.165, 1.54) is 0 Å². The van der Waals surface area contributed by atoms with Gasteiger partial charge in [-0.3, -0.25) is 14.4 Å². The molecule has 0 aliphatic carbocycles. The molecule has 0 saturated carbocycles. The van der Waals surface area contributed by atoms with Crippen molar-refractivity contribution in [3.05, 3.63) is 95.5 Å². The Balaban J connectivity index is 1.44. The fourth-order valence-corrected chi connectivity index (χ4v) is 9.53. The first-order chi connectivity index (χ1) is 19.4. The summed E-state index contributed by atoms with van der Waals surface area (Å²) in [5.41, 5.74) is 1.84. The summed E-state index contributed by atoms with van der Waals surface area (Å²) in [4.78, 5) is 44.1. The van der Waals surface area contributed by atoms with Gasteiger partial charge in [-0.2, -0.15) is 0 Å². The van der Waals surface area contributed by atoms with Gasteiger partial charge < -0.3 is 20.6 Å². The molecule has 206 valence electrons. The second-order valence-electron chi connectivity index (χ2n) is 10.7. The molecule has 9 heteroatoms. The lowest BCUT2D eigenvalue weighted by atomic mass is 9.66. The van der Waals surface area contributed by atoms with E-state index in [0.29, 0.717) is 22.8 Å². The lowest BCUT2D eigenvalue weighted by Crippen LogP contribution is -2.55. The van der Waals surface area contributed by atoms with Gasteiger partial charge in [-0.05, 0) is 42.2 Å². The Bertz CT molecular complexity index is 1440. The monoisotopic (exact) mass is 575 g/mol. The van der Waals surface area contributed by atoms with Crippen LogP contribution in [0.15, 0.2) is 84.9 Å². The minimum absolute atomic E-state index is 0.0145. The number of hydrogen-bond donors (Lipinski definition) is 3. The fraction of sp³-hybridized carbons (Fsp3) is 0.323. The van der Waals surface area contributed by atoms with Crippen LogP contribution in [0.25, 0.3) is 0 Å². The van der Waals surface area contributed by atoms with Crippen molar-refractivity contribution in [1.29, 1.82) is 0 Å². The quantitative estimate of drug-likeness (QED) is 0.369. The lowest BCUT2D eigenvalue weighted by molar-refractivity contribution is -0.141. The molecule has 6 rings (SSSR count). The highest BCUT2D eigenvalue weighted by atomic mass is 35.5. The van der Waals surface area contributed by atoms with Crippen molar-refractivity contribution in [3.8, 4) is 0 Å². The number of nitrogens with zero attached hydrogens (tertiary/aromatic N) is 1. The van der Waals surface area contributed by atoms with Crippen LogP contribution in [0.2, 0.25) is 5.02 Å². The Labute approximate surface area is 242 Å². The number of halogens is 1. The summed E-state index contributed by atoms with van der Waals surface area (Å²) < 4.78 is -0.839. The van der Waals surface area contributed by atoms with Gasteiger partial charge in [-0.25, -0.2) is 0 Å². The van der Waals surface area contributed by atoms with Crippen molar-refractivity contribution in [3.63, 3.8) is 0 Å².